The lowest BCUT2D eigenvalue weighted by Gasteiger charge is -2.05. The molecule has 0 atom stereocenters. The normalized spacial score (nSPS) is 14.2. The highest BCUT2D eigenvalue weighted by molar-refractivity contribution is 6.31. The monoisotopic (exact) mass is 330 g/mol. The summed E-state index contributed by atoms with van der Waals surface area (Å²) >= 11 is 5.71. The molecule has 0 aliphatic heterocycles. The molecule has 2 heterocycles. The highest BCUT2D eigenvalue weighted by Gasteiger charge is 2.26. The molecule has 1 aliphatic carbocycles. The van der Waals surface area contributed by atoms with Crippen LogP contribution >= 0.6 is 11.6 Å². The number of carbonyl (C=O) groups excluding carboxylic acids is 1. The lowest BCUT2D eigenvalue weighted by Crippen LogP contribution is -2.15. The van der Waals surface area contributed by atoms with Crippen molar-refractivity contribution < 1.29 is 9.18 Å². The van der Waals surface area contributed by atoms with Gasteiger partial charge in [0.25, 0.3) is 5.91 Å². The van der Waals surface area contributed by atoms with Crippen molar-refractivity contribution in [3.05, 3.63) is 58.8 Å². The largest absolute Gasteiger partial charge is 0.321 e. The van der Waals surface area contributed by atoms with Crippen molar-refractivity contribution in [2.24, 2.45) is 0 Å². The summed E-state index contributed by atoms with van der Waals surface area (Å²) in [5.41, 5.74) is 2.39. The molecule has 1 aliphatic rings. The second-order valence-electron chi connectivity index (χ2n) is 5.54. The van der Waals surface area contributed by atoms with Crippen molar-refractivity contribution in [3.63, 3.8) is 0 Å². The highest BCUT2D eigenvalue weighted by Crippen LogP contribution is 2.39. The Balaban J connectivity index is 1.59. The van der Waals surface area contributed by atoms with Crippen LogP contribution in [0.5, 0.6) is 0 Å². The Kier molecular flexibility index (Phi) is 3.27. The predicted molar refractivity (Wildman–Crippen MR) is 84.3 cm³/mol. The van der Waals surface area contributed by atoms with Gasteiger partial charge >= 0.3 is 0 Å². The van der Waals surface area contributed by atoms with E-state index < -0.39 is 11.7 Å². The van der Waals surface area contributed by atoms with Gasteiger partial charge in [-0.3, -0.25) is 4.79 Å². The first-order valence-corrected chi connectivity index (χ1v) is 7.61. The van der Waals surface area contributed by atoms with E-state index in [1.165, 1.54) is 18.2 Å². The fraction of sp³-hybridized carbons (Fsp3) is 0.188. The molecule has 0 spiro atoms. The number of benzene rings is 1. The molecule has 1 aromatic carbocycles. The number of aromatic nitrogens is 3. The van der Waals surface area contributed by atoms with Crippen molar-refractivity contribution in [1.29, 1.82) is 0 Å². The second kappa shape index (κ2) is 5.31. The number of hydrogen-bond donors (Lipinski definition) is 1. The first kappa shape index (κ1) is 14.1. The van der Waals surface area contributed by atoms with E-state index in [0.29, 0.717) is 17.3 Å². The molecule has 23 heavy (non-hydrogen) atoms. The molecular weight excluding hydrogens is 319 g/mol. The number of imidazole rings is 1. The van der Waals surface area contributed by atoms with Crippen LogP contribution in [0, 0.1) is 5.82 Å². The molecular formula is C16H12ClFN4O. The van der Waals surface area contributed by atoms with Crippen molar-refractivity contribution in [1.82, 2.24) is 14.6 Å². The molecule has 5 nitrogen and oxygen atoms in total. The molecule has 0 unspecified atom stereocenters. The van der Waals surface area contributed by atoms with Gasteiger partial charge in [-0.1, -0.05) is 11.6 Å². The minimum Gasteiger partial charge on any atom is -0.321 e. The fourth-order valence-corrected chi connectivity index (χ4v) is 2.55. The van der Waals surface area contributed by atoms with Crippen LogP contribution in [0.3, 0.4) is 0 Å². The Bertz CT molecular complexity index is 920. The maximum Gasteiger partial charge on any atom is 0.276 e. The number of amides is 1. The van der Waals surface area contributed by atoms with Gasteiger partial charge < -0.3 is 5.32 Å². The third-order valence-corrected chi connectivity index (χ3v) is 4.03. The summed E-state index contributed by atoms with van der Waals surface area (Å²) in [5, 5.41) is 6.88. The number of fused-ring (bicyclic) bond motifs is 1. The molecule has 7 heteroatoms. The lowest BCUT2D eigenvalue weighted by molar-refractivity contribution is 0.102. The van der Waals surface area contributed by atoms with Crippen molar-refractivity contribution in [2.75, 3.05) is 5.32 Å². The molecule has 3 aromatic rings. The van der Waals surface area contributed by atoms with Gasteiger partial charge in [0.15, 0.2) is 5.65 Å². The Morgan fingerprint density at radius 3 is 2.87 bits per heavy atom. The summed E-state index contributed by atoms with van der Waals surface area (Å²) in [6, 6.07) is 7.37. The van der Waals surface area contributed by atoms with E-state index >= 15 is 0 Å². The van der Waals surface area contributed by atoms with Crippen molar-refractivity contribution in [3.8, 4) is 0 Å². The number of nitrogens with one attached hydrogen (secondary N) is 1. The van der Waals surface area contributed by atoms with Gasteiger partial charge in [0.2, 0.25) is 0 Å². The van der Waals surface area contributed by atoms with E-state index in [4.69, 9.17) is 11.6 Å². The Hall–Kier alpha value is -2.47. The van der Waals surface area contributed by atoms with Gasteiger partial charge in [0.05, 0.1) is 16.9 Å². The van der Waals surface area contributed by atoms with Crippen LogP contribution in [0.2, 0.25) is 5.02 Å². The average Bonchev–Trinajstić information content (AvgIpc) is 3.30. The van der Waals surface area contributed by atoms with E-state index in [1.54, 1.807) is 16.6 Å². The molecule has 2 aromatic heterocycles. The van der Waals surface area contributed by atoms with E-state index in [-0.39, 0.29) is 10.7 Å². The zero-order chi connectivity index (χ0) is 16.0. The zero-order valence-corrected chi connectivity index (χ0v) is 12.7. The van der Waals surface area contributed by atoms with Gasteiger partial charge in [0, 0.05) is 11.6 Å². The summed E-state index contributed by atoms with van der Waals surface area (Å²) in [4.78, 5) is 16.8. The molecule has 0 radical (unpaired) electrons. The summed E-state index contributed by atoms with van der Waals surface area (Å²) < 4.78 is 14.8. The Morgan fingerprint density at radius 2 is 2.13 bits per heavy atom. The summed E-state index contributed by atoms with van der Waals surface area (Å²) in [6.45, 7) is 0. The lowest BCUT2D eigenvalue weighted by atomic mass is 10.3. The molecule has 1 N–H and O–H groups in total. The maximum absolute atomic E-state index is 13.1. The molecule has 4 rings (SSSR count). The molecule has 1 fully saturated rings. The predicted octanol–water partition coefficient (Wildman–Crippen LogP) is 3.65. The molecule has 0 saturated heterocycles. The van der Waals surface area contributed by atoms with Crippen LogP contribution < -0.4 is 5.32 Å². The standard InChI is InChI=1S/C16H12ClFN4O/c17-11-7-10(3-4-12(11)18)19-16(23)13-5-6-15-20-14(9-1-2-9)8-22(15)21-13/h3-9H,1-2H2,(H,19,23). The first-order chi connectivity index (χ1) is 11.1. The van der Waals surface area contributed by atoms with Gasteiger partial charge in [-0.25, -0.2) is 13.9 Å². The minimum absolute atomic E-state index is 0.0464. The van der Waals surface area contributed by atoms with Crippen LogP contribution in [-0.4, -0.2) is 20.5 Å². The van der Waals surface area contributed by atoms with Crippen LogP contribution in [0.1, 0.15) is 34.9 Å². The number of rotatable bonds is 3. The Morgan fingerprint density at radius 1 is 1.30 bits per heavy atom. The molecule has 116 valence electrons. The number of hydrogen-bond acceptors (Lipinski definition) is 3. The van der Waals surface area contributed by atoms with E-state index in [9.17, 15) is 9.18 Å². The topological polar surface area (TPSA) is 59.3 Å². The SMILES string of the molecule is O=C(Nc1ccc(F)c(Cl)c1)c1ccc2nc(C3CC3)cn2n1. The zero-order valence-electron chi connectivity index (χ0n) is 12.0. The summed E-state index contributed by atoms with van der Waals surface area (Å²) in [7, 11) is 0. The van der Waals surface area contributed by atoms with Gasteiger partial charge in [-0.05, 0) is 43.2 Å². The van der Waals surface area contributed by atoms with E-state index in [2.05, 4.69) is 15.4 Å². The average molecular weight is 331 g/mol. The third-order valence-electron chi connectivity index (χ3n) is 3.74. The van der Waals surface area contributed by atoms with Crippen molar-refractivity contribution in [2.45, 2.75) is 18.8 Å². The maximum atomic E-state index is 13.1. The number of halogens is 2. The smallest absolute Gasteiger partial charge is 0.276 e. The molecule has 0 bridgehead atoms. The number of anilines is 1. The number of carbonyl (C=O) groups is 1. The van der Waals surface area contributed by atoms with E-state index in [1.807, 2.05) is 6.20 Å². The second-order valence-corrected chi connectivity index (χ2v) is 5.95. The minimum atomic E-state index is -0.532. The quantitative estimate of drug-likeness (QED) is 0.797. The Labute approximate surface area is 136 Å². The fourth-order valence-electron chi connectivity index (χ4n) is 2.37. The molecule has 1 saturated carbocycles. The van der Waals surface area contributed by atoms with Crippen molar-refractivity contribution >= 4 is 28.8 Å². The summed E-state index contributed by atoms with van der Waals surface area (Å²) in [6.07, 6.45) is 4.17. The van der Waals surface area contributed by atoms with Gasteiger partial charge in [-0.15, -0.1) is 0 Å². The molecule has 1 amide bonds. The first-order valence-electron chi connectivity index (χ1n) is 7.23. The van der Waals surface area contributed by atoms with Crippen LogP contribution in [0.15, 0.2) is 36.5 Å². The van der Waals surface area contributed by atoms with Gasteiger partial charge in [-0.2, -0.15) is 5.10 Å². The third kappa shape index (κ3) is 2.77. The van der Waals surface area contributed by atoms with E-state index in [0.717, 1.165) is 18.5 Å². The van der Waals surface area contributed by atoms with Gasteiger partial charge in [0.1, 0.15) is 11.5 Å². The highest BCUT2D eigenvalue weighted by atomic mass is 35.5. The van der Waals surface area contributed by atoms with Crippen LogP contribution in [-0.2, 0) is 0 Å². The van der Waals surface area contributed by atoms with Crippen LogP contribution in [0.25, 0.3) is 5.65 Å². The number of nitrogens with zero attached hydrogens (tertiary/aromatic N) is 3. The summed E-state index contributed by atoms with van der Waals surface area (Å²) in [5.74, 6) is -0.401. The van der Waals surface area contributed by atoms with Crippen LogP contribution in [0.4, 0.5) is 10.1 Å².